The molecule has 0 amide bonds. The van der Waals surface area contributed by atoms with E-state index in [1.807, 2.05) is 0 Å². The van der Waals surface area contributed by atoms with Gasteiger partial charge in [0.25, 0.3) is 0 Å². The van der Waals surface area contributed by atoms with Crippen molar-refractivity contribution < 1.29 is 13.9 Å². The van der Waals surface area contributed by atoms with Gasteiger partial charge in [0.15, 0.2) is 0 Å². The van der Waals surface area contributed by atoms with Crippen molar-refractivity contribution in [1.29, 1.82) is 0 Å². The van der Waals surface area contributed by atoms with Gasteiger partial charge in [-0.2, -0.15) is 0 Å². The van der Waals surface area contributed by atoms with Crippen LogP contribution >= 0.6 is 0 Å². The van der Waals surface area contributed by atoms with Crippen LogP contribution in [0.4, 0.5) is 4.39 Å². The summed E-state index contributed by atoms with van der Waals surface area (Å²) < 4.78 is 18.9. The number of rotatable bonds is 2. The number of benzene rings is 1. The second-order valence-corrected chi connectivity index (χ2v) is 5.41. The van der Waals surface area contributed by atoms with Crippen molar-refractivity contribution in [3.05, 3.63) is 54.0 Å². The Morgan fingerprint density at radius 2 is 1.85 bits per heavy atom. The molecule has 0 saturated carbocycles. The fourth-order valence-electron chi connectivity index (χ4n) is 1.68. The van der Waals surface area contributed by atoms with Crippen LogP contribution in [0.15, 0.2) is 42.6 Å². The molecule has 0 aliphatic rings. The first-order chi connectivity index (χ1) is 9.37. The predicted molar refractivity (Wildman–Crippen MR) is 74.8 cm³/mol. The van der Waals surface area contributed by atoms with Gasteiger partial charge in [-0.15, -0.1) is 0 Å². The molecule has 4 heteroatoms. The average Bonchev–Trinajstić information content (AvgIpc) is 2.37. The summed E-state index contributed by atoms with van der Waals surface area (Å²) in [6, 6.07) is 9.57. The molecule has 2 rings (SSSR count). The first-order valence-electron chi connectivity index (χ1n) is 6.31. The van der Waals surface area contributed by atoms with E-state index in [0.717, 1.165) is 0 Å². The molecule has 0 fully saturated rings. The lowest BCUT2D eigenvalue weighted by molar-refractivity contribution is 0.00691. The van der Waals surface area contributed by atoms with E-state index < -0.39 is 11.6 Å². The lowest BCUT2D eigenvalue weighted by atomic mass is 10.1. The Bertz CT molecular complexity index is 615. The van der Waals surface area contributed by atoms with Crippen molar-refractivity contribution >= 4 is 5.97 Å². The summed E-state index contributed by atoms with van der Waals surface area (Å²) in [5.74, 6) is -0.782. The summed E-state index contributed by atoms with van der Waals surface area (Å²) in [5.41, 5.74) is 0.681. The molecule has 0 unspecified atom stereocenters. The number of pyridine rings is 1. The van der Waals surface area contributed by atoms with Crippen molar-refractivity contribution in [3.63, 3.8) is 0 Å². The lowest BCUT2D eigenvalue weighted by Gasteiger charge is -2.19. The van der Waals surface area contributed by atoms with E-state index in [9.17, 15) is 9.18 Å². The number of hydrogen-bond donors (Lipinski definition) is 0. The molecule has 1 aromatic carbocycles. The van der Waals surface area contributed by atoms with Gasteiger partial charge in [0.05, 0.1) is 11.3 Å². The van der Waals surface area contributed by atoms with Crippen LogP contribution in [0.2, 0.25) is 0 Å². The number of esters is 1. The molecule has 2 aromatic rings. The minimum absolute atomic E-state index is 0.343. The Hall–Kier alpha value is -2.23. The normalized spacial score (nSPS) is 11.2. The van der Waals surface area contributed by atoms with Crippen LogP contribution in [0.25, 0.3) is 11.3 Å². The van der Waals surface area contributed by atoms with Crippen molar-refractivity contribution in [2.45, 2.75) is 26.4 Å². The minimum Gasteiger partial charge on any atom is -0.456 e. The van der Waals surface area contributed by atoms with Gasteiger partial charge in [0.1, 0.15) is 11.4 Å². The third-order valence-corrected chi connectivity index (χ3v) is 2.55. The standard InChI is InChI=1S/C16H16FNO2/c1-16(2,3)20-15(19)11-8-9-14(18-10-11)12-6-4-5-7-13(12)17/h4-10H,1-3H3. The van der Waals surface area contributed by atoms with E-state index in [2.05, 4.69) is 4.98 Å². The molecule has 0 radical (unpaired) electrons. The second-order valence-electron chi connectivity index (χ2n) is 5.41. The zero-order chi connectivity index (χ0) is 14.8. The van der Waals surface area contributed by atoms with Gasteiger partial charge in [0.2, 0.25) is 0 Å². The van der Waals surface area contributed by atoms with Gasteiger partial charge >= 0.3 is 5.97 Å². The van der Waals surface area contributed by atoms with E-state index in [-0.39, 0.29) is 5.82 Å². The Morgan fingerprint density at radius 1 is 1.15 bits per heavy atom. The topological polar surface area (TPSA) is 39.2 Å². The number of aromatic nitrogens is 1. The van der Waals surface area contributed by atoms with Gasteiger partial charge < -0.3 is 4.74 Å². The Morgan fingerprint density at radius 3 is 2.40 bits per heavy atom. The molecule has 0 N–H and O–H groups in total. The summed E-state index contributed by atoms with van der Waals surface area (Å²) in [4.78, 5) is 16.0. The molecule has 0 saturated heterocycles. The monoisotopic (exact) mass is 273 g/mol. The van der Waals surface area contributed by atoms with Gasteiger partial charge in [0, 0.05) is 11.8 Å². The van der Waals surface area contributed by atoms with Crippen LogP contribution < -0.4 is 0 Å². The van der Waals surface area contributed by atoms with Crippen LogP contribution in [0.5, 0.6) is 0 Å². The van der Waals surface area contributed by atoms with E-state index >= 15 is 0 Å². The van der Waals surface area contributed by atoms with Gasteiger partial charge in [-0.05, 0) is 45.0 Å². The van der Waals surface area contributed by atoms with Crippen LogP contribution in [0.3, 0.4) is 0 Å². The van der Waals surface area contributed by atoms with Gasteiger partial charge in [-0.25, -0.2) is 9.18 Å². The minimum atomic E-state index is -0.554. The highest BCUT2D eigenvalue weighted by molar-refractivity contribution is 5.89. The highest BCUT2D eigenvalue weighted by Gasteiger charge is 2.18. The zero-order valence-corrected chi connectivity index (χ0v) is 11.7. The second kappa shape index (κ2) is 5.41. The van der Waals surface area contributed by atoms with Crippen LogP contribution in [0, 0.1) is 5.82 Å². The molecular formula is C16H16FNO2. The molecule has 0 aliphatic heterocycles. The fourth-order valence-corrected chi connectivity index (χ4v) is 1.68. The largest absolute Gasteiger partial charge is 0.456 e. The molecular weight excluding hydrogens is 257 g/mol. The maximum absolute atomic E-state index is 13.6. The number of halogens is 1. The maximum Gasteiger partial charge on any atom is 0.340 e. The summed E-state index contributed by atoms with van der Waals surface area (Å²) in [6.45, 7) is 5.39. The Balaban J connectivity index is 2.23. The number of ether oxygens (including phenoxy) is 1. The average molecular weight is 273 g/mol. The van der Waals surface area contributed by atoms with Crippen LogP contribution in [0.1, 0.15) is 31.1 Å². The van der Waals surface area contributed by atoms with E-state index in [0.29, 0.717) is 16.8 Å². The zero-order valence-electron chi connectivity index (χ0n) is 11.7. The number of hydrogen-bond acceptors (Lipinski definition) is 3. The van der Waals surface area contributed by atoms with E-state index in [1.165, 1.54) is 12.3 Å². The molecule has 20 heavy (non-hydrogen) atoms. The van der Waals surface area contributed by atoms with Crippen molar-refractivity contribution in [2.75, 3.05) is 0 Å². The molecule has 3 nitrogen and oxygen atoms in total. The molecule has 1 heterocycles. The summed E-state index contributed by atoms with van der Waals surface area (Å²) in [7, 11) is 0. The molecule has 0 spiro atoms. The summed E-state index contributed by atoms with van der Waals surface area (Å²) in [5, 5.41) is 0. The molecule has 0 bridgehead atoms. The van der Waals surface area contributed by atoms with Crippen molar-refractivity contribution in [2.24, 2.45) is 0 Å². The molecule has 0 atom stereocenters. The quantitative estimate of drug-likeness (QED) is 0.780. The first kappa shape index (κ1) is 14.2. The van der Waals surface area contributed by atoms with Crippen LogP contribution in [-0.2, 0) is 4.74 Å². The van der Waals surface area contributed by atoms with Crippen molar-refractivity contribution in [3.8, 4) is 11.3 Å². The lowest BCUT2D eigenvalue weighted by Crippen LogP contribution is -2.23. The summed E-state index contributed by atoms with van der Waals surface area (Å²) in [6.07, 6.45) is 1.40. The van der Waals surface area contributed by atoms with Gasteiger partial charge in [-0.1, -0.05) is 12.1 Å². The molecule has 1 aromatic heterocycles. The molecule has 104 valence electrons. The molecule has 0 aliphatic carbocycles. The Labute approximate surface area is 117 Å². The summed E-state index contributed by atoms with van der Waals surface area (Å²) >= 11 is 0. The van der Waals surface area contributed by atoms with Crippen LogP contribution in [-0.4, -0.2) is 16.6 Å². The third kappa shape index (κ3) is 3.41. The Kier molecular flexibility index (Phi) is 3.84. The highest BCUT2D eigenvalue weighted by atomic mass is 19.1. The predicted octanol–water partition coefficient (Wildman–Crippen LogP) is 3.84. The van der Waals surface area contributed by atoms with E-state index in [4.69, 9.17) is 4.74 Å². The fraction of sp³-hybridized carbons (Fsp3) is 0.250. The number of nitrogens with zero attached hydrogens (tertiary/aromatic N) is 1. The number of carbonyl (C=O) groups excluding carboxylic acids is 1. The third-order valence-electron chi connectivity index (χ3n) is 2.55. The number of carbonyl (C=O) groups is 1. The smallest absolute Gasteiger partial charge is 0.340 e. The first-order valence-corrected chi connectivity index (χ1v) is 6.31. The van der Waals surface area contributed by atoms with Gasteiger partial charge in [-0.3, -0.25) is 4.98 Å². The maximum atomic E-state index is 13.6. The highest BCUT2D eigenvalue weighted by Crippen LogP contribution is 2.21. The SMILES string of the molecule is CC(C)(C)OC(=O)c1ccc(-c2ccccc2F)nc1. The van der Waals surface area contributed by atoms with Crippen molar-refractivity contribution in [1.82, 2.24) is 4.98 Å². The van der Waals surface area contributed by atoms with E-state index in [1.54, 1.807) is 51.1 Å².